The number of aliphatic carboxylic acids is 1. The Hall–Kier alpha value is -1.45. The summed E-state index contributed by atoms with van der Waals surface area (Å²) in [4.78, 5) is 12.3. The Morgan fingerprint density at radius 3 is 2.06 bits per heavy atom. The number of rotatable bonds is 1. The minimum atomic E-state index is -5.08. The molecule has 1 aromatic rings. The molecule has 1 aromatic heterocycles. The number of thiazole rings is 1. The van der Waals surface area contributed by atoms with Crippen molar-refractivity contribution < 1.29 is 31.9 Å². The predicted molar refractivity (Wildman–Crippen MR) is 45.2 cm³/mol. The number of anilines is 1. The average Bonchev–Trinajstić information content (AvgIpc) is 2.51. The van der Waals surface area contributed by atoms with Gasteiger partial charge in [-0.05, 0) is 0 Å². The number of hydrogen-bond acceptors (Lipinski definition) is 4. The van der Waals surface area contributed by atoms with Crippen molar-refractivity contribution in [2.45, 2.75) is 12.6 Å². The lowest BCUT2D eigenvalue weighted by Crippen LogP contribution is -2.21. The molecule has 0 amide bonds. The van der Waals surface area contributed by atoms with E-state index in [2.05, 4.69) is 4.98 Å². The Kier molecular flexibility index (Phi) is 5.08. The van der Waals surface area contributed by atoms with Gasteiger partial charge in [0.2, 0.25) is 0 Å². The molecule has 0 bridgehead atoms. The summed E-state index contributed by atoms with van der Waals surface area (Å²) >= 11 is 1.02. The molecule has 0 atom stereocenters. The number of nitrogens with zero attached hydrogens (tertiary/aromatic N) is 1. The number of halogens is 5. The molecule has 0 fully saturated rings. The maximum absolute atomic E-state index is 11.7. The quantitative estimate of drug-likeness (QED) is 0.763. The van der Waals surface area contributed by atoms with Crippen LogP contribution in [0.2, 0.25) is 0 Å². The van der Waals surface area contributed by atoms with E-state index in [4.69, 9.17) is 15.6 Å². The third kappa shape index (κ3) is 5.44. The summed E-state index contributed by atoms with van der Waals surface area (Å²) in [7, 11) is 0. The molecule has 0 spiro atoms. The highest BCUT2D eigenvalue weighted by Crippen LogP contribution is 2.21. The van der Waals surface area contributed by atoms with Crippen LogP contribution in [0.25, 0.3) is 0 Å². The Morgan fingerprint density at radius 1 is 1.50 bits per heavy atom. The second kappa shape index (κ2) is 5.58. The van der Waals surface area contributed by atoms with Gasteiger partial charge in [0.05, 0.1) is 0 Å². The minimum Gasteiger partial charge on any atom is -0.475 e. The van der Waals surface area contributed by atoms with Gasteiger partial charge in [0, 0.05) is 5.38 Å². The van der Waals surface area contributed by atoms with Crippen molar-refractivity contribution in [2.75, 3.05) is 5.73 Å². The maximum atomic E-state index is 11.7. The van der Waals surface area contributed by atoms with Crippen LogP contribution in [0.3, 0.4) is 0 Å². The summed E-state index contributed by atoms with van der Waals surface area (Å²) in [5.41, 5.74) is 4.85. The molecule has 1 rings (SSSR count). The highest BCUT2D eigenvalue weighted by atomic mass is 32.1. The van der Waals surface area contributed by atoms with Crippen molar-refractivity contribution >= 4 is 22.4 Å². The fourth-order valence-electron chi connectivity index (χ4n) is 0.401. The molecular formula is C6H5F5N2O2S. The first kappa shape index (κ1) is 14.6. The van der Waals surface area contributed by atoms with Gasteiger partial charge in [0.15, 0.2) is 5.13 Å². The number of nitrogens with two attached hydrogens (primary N) is 1. The first-order valence-electron chi connectivity index (χ1n) is 3.43. The topological polar surface area (TPSA) is 76.2 Å². The monoisotopic (exact) mass is 264 g/mol. The molecule has 0 radical (unpaired) electrons. The van der Waals surface area contributed by atoms with E-state index in [9.17, 15) is 22.0 Å². The van der Waals surface area contributed by atoms with Crippen LogP contribution in [0.4, 0.5) is 27.1 Å². The molecule has 1 heterocycles. The van der Waals surface area contributed by atoms with E-state index in [1.165, 1.54) is 5.38 Å². The van der Waals surface area contributed by atoms with Gasteiger partial charge in [0.1, 0.15) is 5.69 Å². The van der Waals surface area contributed by atoms with E-state index in [0.717, 1.165) is 11.3 Å². The fraction of sp³-hybridized carbons (Fsp3) is 0.333. The number of carboxylic acids is 1. The standard InChI is InChI=1S/C4H4F2N2S.C2HF3O2/c5-3(6)2-1-9-4(7)8-2;3-2(4,5)1(6)7/h1,3H,(H2,7,8);(H,6,7). The zero-order valence-corrected chi connectivity index (χ0v) is 8.15. The van der Waals surface area contributed by atoms with Gasteiger partial charge in [-0.2, -0.15) is 13.2 Å². The Morgan fingerprint density at radius 2 is 1.94 bits per heavy atom. The molecule has 0 aliphatic rings. The van der Waals surface area contributed by atoms with E-state index in [-0.39, 0.29) is 10.8 Å². The van der Waals surface area contributed by atoms with E-state index in [0.29, 0.717) is 0 Å². The third-order valence-electron chi connectivity index (χ3n) is 1.01. The van der Waals surface area contributed by atoms with Crippen LogP contribution in [-0.4, -0.2) is 22.2 Å². The summed E-state index contributed by atoms with van der Waals surface area (Å²) in [5.74, 6) is -2.76. The van der Waals surface area contributed by atoms with Gasteiger partial charge < -0.3 is 10.8 Å². The van der Waals surface area contributed by atoms with Crippen LogP contribution < -0.4 is 5.73 Å². The number of alkyl halides is 5. The largest absolute Gasteiger partial charge is 0.490 e. The van der Waals surface area contributed by atoms with Crippen molar-refractivity contribution in [2.24, 2.45) is 0 Å². The van der Waals surface area contributed by atoms with Crippen LogP contribution in [0.5, 0.6) is 0 Å². The van der Waals surface area contributed by atoms with Gasteiger partial charge >= 0.3 is 12.1 Å². The zero-order chi connectivity index (χ0) is 12.9. The van der Waals surface area contributed by atoms with E-state index >= 15 is 0 Å². The van der Waals surface area contributed by atoms with E-state index < -0.39 is 18.6 Å². The van der Waals surface area contributed by atoms with Crippen LogP contribution in [0.15, 0.2) is 5.38 Å². The fourth-order valence-corrected chi connectivity index (χ4v) is 0.956. The average molecular weight is 264 g/mol. The summed E-state index contributed by atoms with van der Waals surface area (Å²) < 4.78 is 55.1. The first-order chi connectivity index (χ1) is 7.14. The summed E-state index contributed by atoms with van der Waals surface area (Å²) in [5, 5.41) is 8.56. The van der Waals surface area contributed by atoms with Crippen LogP contribution in [0, 0.1) is 0 Å². The minimum absolute atomic E-state index is 0.185. The Balaban J connectivity index is 0.000000293. The molecular weight excluding hydrogens is 259 g/mol. The molecule has 0 saturated heterocycles. The second-order valence-corrected chi connectivity index (χ2v) is 3.10. The van der Waals surface area contributed by atoms with Crippen molar-refractivity contribution in [3.8, 4) is 0 Å². The van der Waals surface area contributed by atoms with Crippen molar-refractivity contribution in [3.05, 3.63) is 11.1 Å². The van der Waals surface area contributed by atoms with Crippen LogP contribution in [0.1, 0.15) is 12.1 Å². The van der Waals surface area contributed by atoms with Gasteiger partial charge in [-0.25, -0.2) is 18.6 Å². The lowest BCUT2D eigenvalue weighted by atomic mass is 10.5. The molecule has 0 aliphatic heterocycles. The first-order valence-corrected chi connectivity index (χ1v) is 4.31. The molecule has 0 saturated carbocycles. The van der Waals surface area contributed by atoms with Crippen molar-refractivity contribution in [3.63, 3.8) is 0 Å². The number of carbonyl (C=O) groups is 1. The molecule has 3 N–H and O–H groups in total. The molecule has 92 valence electrons. The Labute approximate surface area is 89.5 Å². The molecule has 0 unspecified atom stereocenters. The molecule has 0 aromatic carbocycles. The highest BCUT2D eigenvalue weighted by Gasteiger charge is 2.38. The molecule has 0 aliphatic carbocycles. The zero-order valence-electron chi connectivity index (χ0n) is 7.33. The van der Waals surface area contributed by atoms with Gasteiger partial charge in [-0.3, -0.25) is 0 Å². The Bertz CT molecular complexity index is 351. The second-order valence-electron chi connectivity index (χ2n) is 2.21. The number of hydrogen-bond donors (Lipinski definition) is 2. The molecule has 16 heavy (non-hydrogen) atoms. The van der Waals surface area contributed by atoms with Gasteiger partial charge in [0.25, 0.3) is 6.43 Å². The third-order valence-corrected chi connectivity index (χ3v) is 1.70. The molecule has 4 nitrogen and oxygen atoms in total. The number of nitrogen functional groups attached to an aromatic ring is 1. The number of aromatic nitrogens is 1. The van der Waals surface area contributed by atoms with Crippen molar-refractivity contribution in [1.29, 1.82) is 0 Å². The maximum Gasteiger partial charge on any atom is 0.490 e. The highest BCUT2D eigenvalue weighted by molar-refractivity contribution is 7.13. The summed E-state index contributed by atoms with van der Waals surface area (Å²) in [6.07, 6.45) is -7.58. The van der Waals surface area contributed by atoms with E-state index in [1.807, 2.05) is 0 Å². The lowest BCUT2D eigenvalue weighted by Gasteiger charge is -1.93. The van der Waals surface area contributed by atoms with E-state index in [1.54, 1.807) is 0 Å². The lowest BCUT2D eigenvalue weighted by molar-refractivity contribution is -0.192. The summed E-state index contributed by atoms with van der Waals surface area (Å²) in [6, 6.07) is 0. The SMILES string of the molecule is Nc1nc(C(F)F)cs1.O=C(O)C(F)(F)F. The number of carboxylic acid groups (broad SMARTS) is 1. The van der Waals surface area contributed by atoms with Crippen LogP contribution >= 0.6 is 11.3 Å². The van der Waals surface area contributed by atoms with Gasteiger partial charge in [-0.1, -0.05) is 0 Å². The smallest absolute Gasteiger partial charge is 0.475 e. The predicted octanol–water partition coefficient (Wildman–Crippen LogP) is 2.30. The van der Waals surface area contributed by atoms with Crippen molar-refractivity contribution in [1.82, 2.24) is 4.98 Å². The normalized spacial score (nSPS) is 10.9. The van der Waals surface area contributed by atoms with Gasteiger partial charge in [-0.15, -0.1) is 11.3 Å². The molecule has 10 heteroatoms. The van der Waals surface area contributed by atoms with Crippen LogP contribution in [-0.2, 0) is 4.79 Å². The summed E-state index contributed by atoms with van der Waals surface area (Å²) in [6.45, 7) is 0.